The Morgan fingerprint density at radius 2 is 2.08 bits per heavy atom. The number of pyridine rings is 1. The summed E-state index contributed by atoms with van der Waals surface area (Å²) in [6.07, 6.45) is 1.68. The molecule has 0 amide bonds. The monoisotopic (exact) mass is 325 g/mol. The fourth-order valence-electron chi connectivity index (χ4n) is 2.59. The summed E-state index contributed by atoms with van der Waals surface area (Å²) in [6, 6.07) is 7.63. The quantitative estimate of drug-likeness (QED) is 0.668. The lowest BCUT2D eigenvalue weighted by Gasteiger charge is -2.11. The Morgan fingerprint density at radius 1 is 1.29 bits per heavy atom. The average Bonchev–Trinajstić information content (AvgIpc) is 2.56. The maximum absolute atomic E-state index is 12.2. The molecule has 7 heteroatoms. The van der Waals surface area contributed by atoms with E-state index < -0.39 is 0 Å². The van der Waals surface area contributed by atoms with Crippen LogP contribution >= 0.6 is 0 Å². The molecule has 0 fully saturated rings. The molecule has 0 bridgehead atoms. The number of aliphatic hydroxyl groups is 1. The van der Waals surface area contributed by atoms with Crippen LogP contribution in [-0.4, -0.2) is 19.6 Å². The second kappa shape index (κ2) is 6.29. The van der Waals surface area contributed by atoms with E-state index in [1.807, 2.05) is 25.1 Å². The Morgan fingerprint density at radius 3 is 2.79 bits per heavy atom. The number of aromatic nitrogens is 3. The van der Waals surface area contributed by atoms with Gasteiger partial charge in [0.25, 0.3) is 5.56 Å². The Kier molecular flexibility index (Phi) is 4.18. The van der Waals surface area contributed by atoms with Crippen LogP contribution in [0, 0.1) is 6.92 Å². The molecule has 0 saturated carbocycles. The summed E-state index contributed by atoms with van der Waals surface area (Å²) in [5.74, 6) is 0.583. The molecule has 3 rings (SSSR count). The minimum absolute atomic E-state index is 0.0237. The summed E-state index contributed by atoms with van der Waals surface area (Å²) >= 11 is 0. The van der Waals surface area contributed by atoms with Gasteiger partial charge >= 0.3 is 0 Å². The lowest BCUT2D eigenvalue weighted by molar-refractivity contribution is 0.281. The molecule has 0 atom stereocenters. The van der Waals surface area contributed by atoms with E-state index in [2.05, 4.69) is 15.3 Å². The highest BCUT2D eigenvalue weighted by Crippen LogP contribution is 2.20. The maximum atomic E-state index is 12.2. The van der Waals surface area contributed by atoms with Crippen molar-refractivity contribution in [3.8, 4) is 0 Å². The predicted octanol–water partition coefficient (Wildman–Crippen LogP) is 1.32. The third-order valence-electron chi connectivity index (χ3n) is 3.99. The summed E-state index contributed by atoms with van der Waals surface area (Å²) in [7, 11) is 1.67. The third-order valence-corrected chi connectivity index (χ3v) is 3.99. The molecule has 7 nitrogen and oxygen atoms in total. The van der Waals surface area contributed by atoms with Crippen molar-refractivity contribution in [2.24, 2.45) is 7.05 Å². The van der Waals surface area contributed by atoms with Crippen molar-refractivity contribution in [1.82, 2.24) is 14.5 Å². The number of fused-ring (bicyclic) bond motifs is 1. The molecule has 0 unspecified atom stereocenters. The number of nitrogens with one attached hydrogen (secondary N) is 1. The van der Waals surface area contributed by atoms with Gasteiger partial charge in [-0.1, -0.05) is 18.2 Å². The molecule has 2 heterocycles. The molecule has 24 heavy (non-hydrogen) atoms. The molecule has 4 N–H and O–H groups in total. The zero-order valence-electron chi connectivity index (χ0n) is 13.6. The molecule has 0 aliphatic carbocycles. The van der Waals surface area contributed by atoms with Crippen LogP contribution in [0.5, 0.6) is 0 Å². The summed E-state index contributed by atoms with van der Waals surface area (Å²) in [5, 5.41) is 13.1. The average molecular weight is 325 g/mol. The lowest BCUT2D eigenvalue weighted by Crippen LogP contribution is -2.18. The normalized spacial score (nSPS) is 11.0. The van der Waals surface area contributed by atoms with Crippen LogP contribution in [0.25, 0.3) is 10.9 Å². The van der Waals surface area contributed by atoms with Gasteiger partial charge in [-0.2, -0.15) is 4.98 Å². The highest BCUT2D eigenvalue weighted by atomic mass is 16.3. The summed E-state index contributed by atoms with van der Waals surface area (Å²) in [6.45, 7) is 2.50. The second-order valence-electron chi connectivity index (χ2n) is 5.70. The van der Waals surface area contributed by atoms with Gasteiger partial charge < -0.3 is 20.7 Å². The minimum Gasteiger partial charge on any atom is -0.392 e. The van der Waals surface area contributed by atoms with Crippen LogP contribution in [0.1, 0.15) is 16.7 Å². The summed E-state index contributed by atoms with van der Waals surface area (Å²) in [4.78, 5) is 20.5. The van der Waals surface area contributed by atoms with E-state index in [0.717, 1.165) is 16.7 Å². The number of nitrogen functional groups attached to an aromatic ring is 1. The van der Waals surface area contributed by atoms with Crippen LogP contribution < -0.4 is 16.6 Å². The van der Waals surface area contributed by atoms with Gasteiger partial charge in [-0.25, -0.2) is 4.98 Å². The van der Waals surface area contributed by atoms with Crippen molar-refractivity contribution in [2.75, 3.05) is 11.1 Å². The molecule has 1 aromatic carbocycles. The van der Waals surface area contributed by atoms with E-state index in [-0.39, 0.29) is 18.1 Å². The SMILES string of the molecule is Cc1cc(CNc2nc(N)nc3c(=O)n(C)ccc23)ccc1CO. The highest BCUT2D eigenvalue weighted by molar-refractivity contribution is 5.89. The Hall–Kier alpha value is -2.93. The number of hydrogen-bond donors (Lipinski definition) is 3. The number of rotatable bonds is 4. The maximum Gasteiger partial charge on any atom is 0.277 e. The first-order valence-electron chi connectivity index (χ1n) is 7.55. The fraction of sp³-hybridized carbons (Fsp3) is 0.235. The molecular weight excluding hydrogens is 306 g/mol. The minimum atomic E-state index is -0.215. The van der Waals surface area contributed by atoms with E-state index in [9.17, 15) is 9.90 Å². The number of benzene rings is 1. The number of aliphatic hydroxyl groups excluding tert-OH is 1. The molecule has 0 aliphatic heterocycles. The third kappa shape index (κ3) is 2.93. The molecule has 124 valence electrons. The van der Waals surface area contributed by atoms with Crippen molar-refractivity contribution in [3.05, 3.63) is 57.5 Å². The molecule has 0 radical (unpaired) electrons. The standard InChI is InChI=1S/C17H19N5O2/c1-10-7-11(3-4-12(10)9-23)8-19-15-13-5-6-22(2)16(24)14(13)20-17(18)21-15/h3-7,23H,8-9H2,1-2H3,(H3,18,19,20,21). The Labute approximate surface area is 138 Å². The molecule has 0 aliphatic rings. The topological polar surface area (TPSA) is 106 Å². The van der Waals surface area contributed by atoms with Gasteiger partial charge in [0.1, 0.15) is 11.3 Å². The zero-order chi connectivity index (χ0) is 17.3. The highest BCUT2D eigenvalue weighted by Gasteiger charge is 2.10. The number of hydrogen-bond acceptors (Lipinski definition) is 6. The number of anilines is 2. The van der Waals surface area contributed by atoms with Crippen LogP contribution in [0.15, 0.2) is 35.3 Å². The molecular formula is C17H19N5O2. The van der Waals surface area contributed by atoms with Gasteiger partial charge in [0.2, 0.25) is 5.95 Å². The largest absolute Gasteiger partial charge is 0.392 e. The van der Waals surface area contributed by atoms with E-state index in [1.165, 1.54) is 4.57 Å². The van der Waals surface area contributed by atoms with Crippen molar-refractivity contribution in [2.45, 2.75) is 20.1 Å². The van der Waals surface area contributed by atoms with Crippen LogP contribution in [0.3, 0.4) is 0 Å². The first kappa shape index (κ1) is 15.9. The van der Waals surface area contributed by atoms with Gasteiger partial charge in [0, 0.05) is 25.2 Å². The van der Waals surface area contributed by atoms with Crippen molar-refractivity contribution in [1.29, 1.82) is 0 Å². The van der Waals surface area contributed by atoms with Crippen molar-refractivity contribution in [3.63, 3.8) is 0 Å². The van der Waals surface area contributed by atoms with E-state index in [1.54, 1.807) is 19.3 Å². The first-order valence-corrected chi connectivity index (χ1v) is 7.55. The van der Waals surface area contributed by atoms with Crippen LogP contribution in [0.2, 0.25) is 0 Å². The predicted molar refractivity (Wildman–Crippen MR) is 93.6 cm³/mol. The lowest BCUT2D eigenvalue weighted by atomic mass is 10.1. The first-order chi connectivity index (χ1) is 11.5. The van der Waals surface area contributed by atoms with Gasteiger partial charge in [0.15, 0.2) is 0 Å². The number of nitrogens with zero attached hydrogens (tertiary/aromatic N) is 3. The molecule has 3 aromatic rings. The van der Waals surface area contributed by atoms with E-state index in [0.29, 0.717) is 23.3 Å². The summed E-state index contributed by atoms with van der Waals surface area (Å²) < 4.78 is 1.45. The number of aryl methyl sites for hydroxylation is 2. The zero-order valence-corrected chi connectivity index (χ0v) is 13.6. The molecule has 0 spiro atoms. The van der Waals surface area contributed by atoms with Gasteiger partial charge in [-0.15, -0.1) is 0 Å². The smallest absolute Gasteiger partial charge is 0.277 e. The molecule has 0 saturated heterocycles. The second-order valence-corrected chi connectivity index (χ2v) is 5.70. The van der Waals surface area contributed by atoms with Crippen LogP contribution in [-0.2, 0) is 20.2 Å². The Balaban J connectivity index is 1.94. The fourth-order valence-corrected chi connectivity index (χ4v) is 2.59. The van der Waals surface area contributed by atoms with Crippen LogP contribution in [0.4, 0.5) is 11.8 Å². The summed E-state index contributed by atoms with van der Waals surface area (Å²) in [5.41, 5.74) is 8.78. The van der Waals surface area contributed by atoms with E-state index >= 15 is 0 Å². The van der Waals surface area contributed by atoms with Gasteiger partial charge in [-0.3, -0.25) is 4.79 Å². The van der Waals surface area contributed by atoms with Crippen molar-refractivity contribution < 1.29 is 5.11 Å². The van der Waals surface area contributed by atoms with Crippen molar-refractivity contribution >= 4 is 22.7 Å². The van der Waals surface area contributed by atoms with E-state index in [4.69, 9.17) is 5.73 Å². The van der Waals surface area contributed by atoms with Gasteiger partial charge in [0.05, 0.1) is 6.61 Å². The van der Waals surface area contributed by atoms with Gasteiger partial charge in [-0.05, 0) is 29.7 Å². The Bertz CT molecular complexity index is 965. The molecule has 2 aromatic heterocycles. The number of nitrogens with two attached hydrogens (primary N) is 1.